The van der Waals surface area contributed by atoms with Gasteiger partial charge in [-0.1, -0.05) is 263 Å². The third-order valence-corrected chi connectivity index (χ3v) is 13.2. The lowest BCUT2D eigenvalue weighted by Crippen LogP contribution is -2.45. The van der Waals surface area contributed by atoms with Gasteiger partial charge in [0.05, 0.1) is 25.4 Å². The van der Waals surface area contributed by atoms with Crippen molar-refractivity contribution in [2.75, 3.05) is 13.2 Å². The molecule has 6 heteroatoms. The van der Waals surface area contributed by atoms with Crippen molar-refractivity contribution in [3.63, 3.8) is 0 Å². The first-order valence-corrected chi connectivity index (χ1v) is 28.6. The maximum absolute atomic E-state index is 12.5. The average molecular weight is 903 g/mol. The van der Waals surface area contributed by atoms with Crippen LogP contribution in [0.4, 0.5) is 0 Å². The van der Waals surface area contributed by atoms with E-state index in [0.717, 1.165) is 57.8 Å². The number of carbonyl (C=O) groups excluding carboxylic acids is 2. The van der Waals surface area contributed by atoms with Crippen molar-refractivity contribution < 1.29 is 24.5 Å². The Morgan fingerprint density at radius 2 is 0.734 bits per heavy atom. The number of hydrogen-bond donors (Lipinski definition) is 3. The van der Waals surface area contributed by atoms with Gasteiger partial charge in [0.1, 0.15) is 0 Å². The first kappa shape index (κ1) is 62.3. The zero-order chi connectivity index (χ0) is 46.5. The summed E-state index contributed by atoms with van der Waals surface area (Å²) in [6, 6.07) is -0.636. The van der Waals surface area contributed by atoms with Crippen molar-refractivity contribution in [2.45, 2.75) is 321 Å². The maximum atomic E-state index is 12.5. The molecule has 0 bridgehead atoms. The molecule has 0 aromatic heterocycles. The topological polar surface area (TPSA) is 95.9 Å². The van der Waals surface area contributed by atoms with Crippen LogP contribution in [0.25, 0.3) is 0 Å². The molecule has 378 valence electrons. The van der Waals surface area contributed by atoms with E-state index in [2.05, 4.69) is 31.3 Å². The standard InChI is InChI=1S/C58H111NO5/c1-3-5-7-9-11-13-15-17-19-20-21-22-23-26-30-34-38-42-46-50-56(61)55(54-60)59-57(62)51-47-43-39-35-31-27-24-25-29-33-37-41-45-49-53-64-58(63)52-48-44-40-36-32-28-18-16-14-12-10-8-6-4-2/h16,18,46,50,55-56,60-61H,3-15,17,19-45,47-49,51-54H2,1-2H3,(H,59,62)/b18-16-,50-46+. The SMILES string of the molecule is CCCCCCC/C=C\CCCCCCCC(=O)OCCCCCCCCCCCCCCCCC(=O)NC(CO)C(O)/C=C/CCCCCCCCCCCCCCCCCCC. The Morgan fingerprint density at radius 3 is 1.11 bits per heavy atom. The van der Waals surface area contributed by atoms with Crippen LogP contribution >= 0.6 is 0 Å². The Labute approximate surface area is 399 Å². The van der Waals surface area contributed by atoms with Crippen LogP contribution in [0, 0.1) is 0 Å². The lowest BCUT2D eigenvalue weighted by Gasteiger charge is -2.20. The van der Waals surface area contributed by atoms with E-state index in [-0.39, 0.29) is 18.5 Å². The second-order valence-corrected chi connectivity index (χ2v) is 19.6. The van der Waals surface area contributed by atoms with Crippen LogP contribution in [0.15, 0.2) is 24.3 Å². The summed E-state index contributed by atoms with van der Waals surface area (Å²) < 4.78 is 5.46. The van der Waals surface area contributed by atoms with Crippen LogP contribution in [0.5, 0.6) is 0 Å². The van der Waals surface area contributed by atoms with Crippen molar-refractivity contribution in [3.05, 3.63) is 24.3 Å². The number of allylic oxidation sites excluding steroid dienone is 3. The highest BCUT2D eigenvalue weighted by Crippen LogP contribution is 2.17. The van der Waals surface area contributed by atoms with Crippen LogP contribution in [-0.4, -0.2) is 47.4 Å². The van der Waals surface area contributed by atoms with E-state index in [4.69, 9.17) is 4.74 Å². The molecule has 0 saturated heterocycles. The maximum Gasteiger partial charge on any atom is 0.305 e. The fourth-order valence-corrected chi connectivity index (χ4v) is 8.81. The number of hydrogen-bond acceptors (Lipinski definition) is 5. The summed E-state index contributed by atoms with van der Waals surface area (Å²) in [6.45, 7) is 4.88. The monoisotopic (exact) mass is 902 g/mol. The van der Waals surface area contributed by atoms with Gasteiger partial charge in [-0.25, -0.2) is 0 Å². The molecule has 2 atom stereocenters. The Bertz CT molecular complexity index is 997. The molecular formula is C58H111NO5. The van der Waals surface area contributed by atoms with Crippen LogP contribution in [0.1, 0.15) is 309 Å². The number of esters is 1. The minimum atomic E-state index is -0.852. The number of amides is 1. The smallest absolute Gasteiger partial charge is 0.305 e. The summed E-state index contributed by atoms with van der Waals surface area (Å²) in [5.41, 5.74) is 0. The Hall–Kier alpha value is -1.66. The van der Waals surface area contributed by atoms with E-state index < -0.39 is 12.1 Å². The highest BCUT2D eigenvalue weighted by Gasteiger charge is 2.18. The fourth-order valence-electron chi connectivity index (χ4n) is 8.81. The van der Waals surface area contributed by atoms with Gasteiger partial charge in [0, 0.05) is 12.8 Å². The first-order chi connectivity index (χ1) is 31.5. The van der Waals surface area contributed by atoms with E-state index in [1.54, 1.807) is 6.08 Å². The number of aliphatic hydroxyl groups is 2. The van der Waals surface area contributed by atoms with Crippen molar-refractivity contribution in [1.29, 1.82) is 0 Å². The van der Waals surface area contributed by atoms with E-state index >= 15 is 0 Å². The summed E-state index contributed by atoms with van der Waals surface area (Å²) in [7, 11) is 0. The zero-order valence-electron chi connectivity index (χ0n) is 43.0. The van der Waals surface area contributed by atoms with Crippen LogP contribution in [0.3, 0.4) is 0 Å². The van der Waals surface area contributed by atoms with Crippen molar-refractivity contribution in [2.24, 2.45) is 0 Å². The summed E-state index contributed by atoms with van der Waals surface area (Å²) in [6.07, 6.45) is 64.7. The van der Waals surface area contributed by atoms with Gasteiger partial charge in [0.25, 0.3) is 0 Å². The molecule has 0 aromatic rings. The number of carbonyl (C=O) groups is 2. The minimum Gasteiger partial charge on any atom is -0.466 e. The Morgan fingerprint density at radius 1 is 0.422 bits per heavy atom. The highest BCUT2D eigenvalue weighted by molar-refractivity contribution is 5.76. The number of unbranched alkanes of at least 4 members (excludes halogenated alkanes) is 40. The molecule has 1 amide bonds. The molecule has 6 nitrogen and oxygen atoms in total. The summed E-state index contributed by atoms with van der Waals surface area (Å²) in [4.78, 5) is 24.5. The van der Waals surface area contributed by atoms with Gasteiger partial charge in [-0.3, -0.25) is 9.59 Å². The van der Waals surface area contributed by atoms with Crippen molar-refractivity contribution >= 4 is 11.9 Å². The summed E-state index contributed by atoms with van der Waals surface area (Å²) in [5.74, 6) is -0.0883. The van der Waals surface area contributed by atoms with E-state index in [1.165, 1.54) is 225 Å². The molecule has 0 radical (unpaired) electrons. The van der Waals surface area contributed by atoms with E-state index in [1.807, 2.05) is 6.08 Å². The molecule has 2 unspecified atom stereocenters. The fraction of sp³-hybridized carbons (Fsp3) is 0.897. The molecule has 0 aromatic carbocycles. The molecule has 0 aliphatic carbocycles. The zero-order valence-corrected chi connectivity index (χ0v) is 43.0. The Balaban J connectivity index is 3.48. The van der Waals surface area contributed by atoms with Crippen LogP contribution in [0.2, 0.25) is 0 Å². The average Bonchev–Trinajstić information content (AvgIpc) is 3.29. The van der Waals surface area contributed by atoms with Crippen LogP contribution in [-0.2, 0) is 14.3 Å². The number of rotatable bonds is 53. The molecule has 0 heterocycles. The largest absolute Gasteiger partial charge is 0.466 e. The third-order valence-electron chi connectivity index (χ3n) is 13.2. The lowest BCUT2D eigenvalue weighted by molar-refractivity contribution is -0.143. The first-order valence-electron chi connectivity index (χ1n) is 28.6. The van der Waals surface area contributed by atoms with E-state index in [9.17, 15) is 19.8 Å². The molecule has 0 rings (SSSR count). The predicted molar refractivity (Wildman–Crippen MR) is 278 cm³/mol. The van der Waals surface area contributed by atoms with Gasteiger partial charge in [-0.15, -0.1) is 0 Å². The van der Waals surface area contributed by atoms with E-state index in [0.29, 0.717) is 19.4 Å². The molecular weight excluding hydrogens is 791 g/mol. The van der Waals surface area contributed by atoms with Crippen molar-refractivity contribution in [3.8, 4) is 0 Å². The predicted octanol–water partition coefficient (Wildman–Crippen LogP) is 17.5. The molecule has 64 heavy (non-hydrogen) atoms. The van der Waals surface area contributed by atoms with Crippen LogP contribution < -0.4 is 5.32 Å². The quantitative estimate of drug-likeness (QED) is 0.0321. The normalized spacial score (nSPS) is 12.8. The molecule has 0 saturated carbocycles. The number of ether oxygens (including phenoxy) is 1. The molecule has 0 aliphatic heterocycles. The number of nitrogens with one attached hydrogen (secondary N) is 1. The molecule has 0 fully saturated rings. The minimum absolute atomic E-state index is 0.0116. The molecule has 3 N–H and O–H groups in total. The highest BCUT2D eigenvalue weighted by atomic mass is 16.5. The number of aliphatic hydroxyl groups excluding tert-OH is 2. The van der Waals surface area contributed by atoms with Gasteiger partial charge in [-0.2, -0.15) is 0 Å². The second-order valence-electron chi connectivity index (χ2n) is 19.6. The van der Waals surface area contributed by atoms with Gasteiger partial charge >= 0.3 is 5.97 Å². The van der Waals surface area contributed by atoms with Crippen molar-refractivity contribution in [1.82, 2.24) is 5.32 Å². The molecule has 0 aliphatic rings. The van der Waals surface area contributed by atoms with Gasteiger partial charge in [0.15, 0.2) is 0 Å². The third kappa shape index (κ3) is 49.8. The summed E-state index contributed by atoms with van der Waals surface area (Å²) >= 11 is 0. The Kier molecular flexibility index (Phi) is 52.6. The lowest BCUT2D eigenvalue weighted by atomic mass is 10.0. The summed E-state index contributed by atoms with van der Waals surface area (Å²) in [5, 5.41) is 23.1. The molecule has 0 spiro atoms. The second kappa shape index (κ2) is 54.0. The van der Waals surface area contributed by atoms with Gasteiger partial charge < -0.3 is 20.3 Å². The van der Waals surface area contributed by atoms with Gasteiger partial charge in [0.2, 0.25) is 5.91 Å². The van der Waals surface area contributed by atoms with Gasteiger partial charge in [-0.05, 0) is 57.8 Å².